The molecule has 0 unspecified atom stereocenters. The summed E-state index contributed by atoms with van der Waals surface area (Å²) in [7, 11) is 0. The van der Waals surface area contributed by atoms with E-state index in [0.717, 1.165) is 11.3 Å². The fraction of sp³-hybridized carbons (Fsp3) is 0.167. The lowest BCUT2D eigenvalue weighted by atomic mass is 10.1. The van der Waals surface area contributed by atoms with Crippen LogP contribution in [0.2, 0.25) is 0 Å². The van der Waals surface area contributed by atoms with Crippen LogP contribution in [0.15, 0.2) is 52.0 Å². The topological polar surface area (TPSA) is 53.8 Å². The van der Waals surface area contributed by atoms with E-state index in [1.54, 1.807) is 23.3 Å². The van der Waals surface area contributed by atoms with Gasteiger partial charge in [0.15, 0.2) is 0 Å². The number of likely N-dealkylation sites (N-methyl/N-ethyl adjacent to an activating group) is 1. The molecule has 126 valence electrons. The number of hydrogen-bond donors (Lipinski definition) is 0. The summed E-state index contributed by atoms with van der Waals surface area (Å²) < 4.78 is 5.75. The molecule has 0 saturated carbocycles. The molecule has 0 radical (unpaired) electrons. The van der Waals surface area contributed by atoms with Gasteiger partial charge in [-0.3, -0.25) is 14.5 Å². The van der Waals surface area contributed by atoms with E-state index in [1.807, 2.05) is 31.2 Å². The van der Waals surface area contributed by atoms with Crippen LogP contribution in [0.4, 0.5) is 5.69 Å². The first-order valence-electron chi connectivity index (χ1n) is 7.83. The van der Waals surface area contributed by atoms with E-state index in [4.69, 9.17) is 16.6 Å². The minimum absolute atomic E-state index is 0.151. The van der Waals surface area contributed by atoms with Crippen LogP contribution >= 0.6 is 24.0 Å². The molecule has 2 aliphatic rings. The molecule has 1 fully saturated rings. The monoisotopic (exact) mass is 370 g/mol. The number of thioether (sulfide) groups is 1. The second-order valence-electron chi connectivity index (χ2n) is 5.61. The van der Waals surface area contributed by atoms with E-state index in [1.165, 1.54) is 16.7 Å². The fourth-order valence-electron chi connectivity index (χ4n) is 3.06. The molecule has 0 N–H and O–H groups in total. The quantitative estimate of drug-likeness (QED) is 0.612. The number of furan rings is 1. The Morgan fingerprint density at radius 1 is 1.08 bits per heavy atom. The summed E-state index contributed by atoms with van der Waals surface area (Å²) in [4.78, 5) is 29.4. The average molecular weight is 370 g/mol. The highest BCUT2D eigenvalue weighted by atomic mass is 32.2. The number of amides is 2. The van der Waals surface area contributed by atoms with Crippen LogP contribution in [-0.4, -0.2) is 27.6 Å². The number of benzene rings is 1. The van der Waals surface area contributed by atoms with E-state index in [0.29, 0.717) is 27.1 Å². The van der Waals surface area contributed by atoms with Gasteiger partial charge in [-0.15, -0.1) is 0 Å². The number of carbonyl (C=O) groups excluding carboxylic acids is 2. The Kier molecular flexibility index (Phi) is 3.97. The van der Waals surface area contributed by atoms with Crippen molar-refractivity contribution in [2.24, 2.45) is 0 Å². The molecule has 2 aliphatic heterocycles. The van der Waals surface area contributed by atoms with Gasteiger partial charge in [0.05, 0.1) is 29.0 Å². The number of carbonyl (C=O) groups is 2. The number of hydrogen-bond acceptors (Lipinski definition) is 5. The van der Waals surface area contributed by atoms with Gasteiger partial charge in [-0.1, -0.05) is 42.2 Å². The minimum Gasteiger partial charge on any atom is -0.467 e. The first-order valence-corrected chi connectivity index (χ1v) is 9.06. The van der Waals surface area contributed by atoms with E-state index >= 15 is 0 Å². The van der Waals surface area contributed by atoms with Crippen LogP contribution in [0.5, 0.6) is 0 Å². The molecule has 7 heteroatoms. The zero-order chi connectivity index (χ0) is 17.6. The maximum atomic E-state index is 12.9. The Labute approximate surface area is 154 Å². The van der Waals surface area contributed by atoms with Gasteiger partial charge in [-0.25, -0.2) is 0 Å². The average Bonchev–Trinajstić information content (AvgIpc) is 3.28. The van der Waals surface area contributed by atoms with E-state index in [2.05, 4.69) is 0 Å². The number of fused-ring (bicyclic) bond motifs is 1. The second-order valence-corrected chi connectivity index (χ2v) is 7.25. The summed E-state index contributed by atoms with van der Waals surface area (Å²) in [6.45, 7) is 2.73. The summed E-state index contributed by atoms with van der Waals surface area (Å²) in [5.74, 6) is 0.251. The van der Waals surface area contributed by atoms with Crippen molar-refractivity contribution in [1.29, 1.82) is 0 Å². The fourth-order valence-corrected chi connectivity index (χ4v) is 4.38. The smallest absolute Gasteiger partial charge is 0.267 e. The Hall–Kier alpha value is -2.38. The number of para-hydroxylation sites is 1. The summed E-state index contributed by atoms with van der Waals surface area (Å²) >= 11 is 6.54. The van der Waals surface area contributed by atoms with Crippen molar-refractivity contribution in [1.82, 2.24) is 4.90 Å². The summed E-state index contributed by atoms with van der Waals surface area (Å²) in [5, 5.41) is 0. The van der Waals surface area contributed by atoms with Gasteiger partial charge >= 0.3 is 0 Å². The summed E-state index contributed by atoms with van der Waals surface area (Å²) in [5.41, 5.74) is 2.06. The van der Waals surface area contributed by atoms with Crippen LogP contribution < -0.4 is 4.90 Å². The highest BCUT2D eigenvalue weighted by molar-refractivity contribution is 8.26. The molecule has 25 heavy (non-hydrogen) atoms. The van der Waals surface area contributed by atoms with Crippen LogP contribution in [0.1, 0.15) is 18.2 Å². The molecule has 2 aromatic rings. The van der Waals surface area contributed by atoms with Crippen molar-refractivity contribution in [3.63, 3.8) is 0 Å². The van der Waals surface area contributed by atoms with Crippen molar-refractivity contribution in [2.75, 3.05) is 11.4 Å². The Morgan fingerprint density at radius 2 is 1.88 bits per heavy atom. The number of thiocarbonyl (C=S) groups is 1. The van der Waals surface area contributed by atoms with Crippen LogP contribution in [0.25, 0.3) is 5.57 Å². The normalized spacial score (nSPS) is 20.0. The van der Waals surface area contributed by atoms with Gasteiger partial charge < -0.3 is 9.32 Å². The van der Waals surface area contributed by atoms with Crippen LogP contribution in [0.3, 0.4) is 0 Å². The van der Waals surface area contributed by atoms with Crippen molar-refractivity contribution in [3.05, 3.63) is 58.9 Å². The predicted molar refractivity (Wildman–Crippen MR) is 101 cm³/mol. The van der Waals surface area contributed by atoms with E-state index in [9.17, 15) is 9.59 Å². The zero-order valence-corrected chi connectivity index (χ0v) is 15.0. The van der Waals surface area contributed by atoms with Crippen molar-refractivity contribution < 1.29 is 14.0 Å². The molecule has 3 heterocycles. The second kappa shape index (κ2) is 6.16. The summed E-state index contributed by atoms with van der Waals surface area (Å²) in [6.07, 6.45) is 1.56. The van der Waals surface area contributed by atoms with Gasteiger partial charge in [0.2, 0.25) is 0 Å². The van der Waals surface area contributed by atoms with Crippen molar-refractivity contribution >= 4 is 51.4 Å². The molecule has 1 saturated heterocycles. The van der Waals surface area contributed by atoms with Crippen LogP contribution in [-0.2, 0) is 16.1 Å². The predicted octanol–water partition coefficient (Wildman–Crippen LogP) is 3.42. The first kappa shape index (κ1) is 16.1. The van der Waals surface area contributed by atoms with E-state index < -0.39 is 0 Å². The number of nitrogens with zero attached hydrogens (tertiary/aromatic N) is 2. The molecular formula is C18H14N2O3S2. The summed E-state index contributed by atoms with van der Waals surface area (Å²) in [6, 6.07) is 11.1. The molecule has 1 aromatic carbocycles. The Morgan fingerprint density at radius 3 is 2.60 bits per heavy atom. The third-order valence-electron chi connectivity index (χ3n) is 4.21. The van der Waals surface area contributed by atoms with Gasteiger partial charge in [0, 0.05) is 12.1 Å². The SMILES string of the molecule is CCN1C(=O)/C(=C2/SC(=S)N(Cc3ccco3)C2=O)c2ccccc21. The van der Waals surface area contributed by atoms with Gasteiger partial charge in [-0.05, 0) is 25.1 Å². The van der Waals surface area contributed by atoms with Gasteiger partial charge in [0.25, 0.3) is 11.8 Å². The molecule has 2 amide bonds. The lowest BCUT2D eigenvalue weighted by molar-refractivity contribution is -0.123. The molecular weight excluding hydrogens is 356 g/mol. The lowest BCUT2D eigenvalue weighted by Crippen LogP contribution is -2.29. The van der Waals surface area contributed by atoms with Gasteiger partial charge in [0.1, 0.15) is 10.1 Å². The molecule has 0 aliphatic carbocycles. The third kappa shape index (κ3) is 2.51. The highest BCUT2D eigenvalue weighted by Crippen LogP contribution is 2.44. The standard InChI is InChI=1S/C18H14N2O3S2/c1-2-19-13-8-4-3-7-12(13)14(16(19)21)15-17(22)20(18(24)25-15)10-11-6-5-9-23-11/h3-9H,2,10H2,1H3/b15-14+. The number of anilines is 1. The van der Waals surface area contributed by atoms with Crippen molar-refractivity contribution in [3.8, 4) is 0 Å². The first-order chi connectivity index (χ1) is 12.1. The molecule has 0 bridgehead atoms. The minimum atomic E-state index is -0.248. The largest absolute Gasteiger partial charge is 0.467 e. The molecule has 1 aromatic heterocycles. The molecule has 0 atom stereocenters. The molecule has 4 rings (SSSR count). The maximum absolute atomic E-state index is 12.9. The lowest BCUT2D eigenvalue weighted by Gasteiger charge is -2.13. The molecule has 0 spiro atoms. The Balaban J connectivity index is 1.77. The van der Waals surface area contributed by atoms with Crippen molar-refractivity contribution in [2.45, 2.75) is 13.5 Å². The zero-order valence-electron chi connectivity index (χ0n) is 13.4. The molecule has 5 nitrogen and oxygen atoms in total. The third-order valence-corrected chi connectivity index (χ3v) is 5.66. The van der Waals surface area contributed by atoms with Crippen LogP contribution in [0, 0.1) is 0 Å². The maximum Gasteiger partial charge on any atom is 0.267 e. The Bertz CT molecular complexity index is 918. The number of rotatable bonds is 3. The van der Waals surface area contributed by atoms with E-state index in [-0.39, 0.29) is 18.4 Å². The van der Waals surface area contributed by atoms with Gasteiger partial charge in [-0.2, -0.15) is 0 Å². The highest BCUT2D eigenvalue weighted by Gasteiger charge is 2.41.